The van der Waals surface area contributed by atoms with Gasteiger partial charge in [-0.15, -0.1) is 0 Å². The van der Waals surface area contributed by atoms with Gasteiger partial charge in [-0.2, -0.15) is 4.39 Å². The van der Waals surface area contributed by atoms with E-state index in [0.717, 1.165) is 17.0 Å². The summed E-state index contributed by atoms with van der Waals surface area (Å²) in [5.74, 6) is -1.72. The highest BCUT2D eigenvalue weighted by molar-refractivity contribution is 8.45. The maximum atomic E-state index is 14.2. The summed E-state index contributed by atoms with van der Waals surface area (Å²) < 4.78 is 80.2. The zero-order valence-electron chi connectivity index (χ0n) is 16.9. The molecular weight excluding hydrogens is 470 g/mol. The number of amides is 1. The van der Waals surface area contributed by atoms with Gasteiger partial charge in [0, 0.05) is 18.8 Å². The van der Waals surface area contributed by atoms with E-state index in [-0.39, 0.29) is 34.8 Å². The molecule has 4 rings (SSSR count). The number of carbonyl (C=O) groups is 1. The smallest absolute Gasteiger partial charge is 0.310 e. The lowest BCUT2D eigenvalue weighted by Crippen LogP contribution is -2.41. The lowest BCUT2D eigenvalue weighted by Gasteiger charge is -2.40. The molecule has 174 valence electrons. The molecule has 0 radical (unpaired) electrons. The molecule has 1 aliphatic rings. The normalized spacial score (nSPS) is 20.9. The standard InChI is InChI=1S/C21H16F6N4OS/c1-31-19(32)21(30-20(31)28,14-7-9-16(10-8-14)33(23,24,25,26)27)15-5-2-4-13(12-15)17-6-3-11-29-18(17)22/h2-12H,1H3,(H2,28,30). The van der Waals surface area contributed by atoms with E-state index >= 15 is 0 Å². The Bertz CT molecular complexity index is 1310. The molecule has 2 aromatic carbocycles. The second-order valence-corrected chi connectivity index (χ2v) is 9.87. The molecule has 0 saturated carbocycles. The van der Waals surface area contributed by atoms with E-state index in [1.165, 1.54) is 43.6 Å². The van der Waals surface area contributed by atoms with Crippen LogP contribution in [0.4, 0.5) is 23.8 Å². The molecule has 1 aromatic heterocycles. The van der Waals surface area contributed by atoms with Crippen LogP contribution in [0.15, 0.2) is 76.7 Å². The van der Waals surface area contributed by atoms with Gasteiger partial charge in [-0.25, -0.2) is 9.98 Å². The molecular formula is C21H16F6N4OS. The molecule has 0 aliphatic carbocycles. The fraction of sp³-hybridized carbons (Fsp3) is 0.0952. The highest BCUT2D eigenvalue weighted by atomic mass is 32.5. The van der Waals surface area contributed by atoms with Crippen molar-refractivity contribution in [3.05, 3.63) is 83.9 Å². The molecule has 2 N–H and O–H groups in total. The average molecular weight is 486 g/mol. The number of hydrogen-bond donors (Lipinski definition) is 1. The molecule has 3 aromatic rings. The highest BCUT2D eigenvalue weighted by Gasteiger charge is 2.65. The summed E-state index contributed by atoms with van der Waals surface area (Å²) in [5.41, 5.74) is 4.34. The number of aliphatic imine (C=N–C) groups is 1. The first kappa shape index (κ1) is 22.6. The van der Waals surface area contributed by atoms with Gasteiger partial charge in [0.05, 0.1) is 0 Å². The molecule has 0 spiro atoms. The first-order valence-corrected chi connectivity index (χ1v) is 11.3. The van der Waals surface area contributed by atoms with Crippen molar-refractivity contribution < 1.29 is 28.6 Å². The van der Waals surface area contributed by atoms with Gasteiger partial charge in [0.25, 0.3) is 5.91 Å². The van der Waals surface area contributed by atoms with Crippen molar-refractivity contribution in [3.63, 3.8) is 0 Å². The van der Waals surface area contributed by atoms with Gasteiger partial charge in [-0.05, 0) is 47.0 Å². The van der Waals surface area contributed by atoms with E-state index in [4.69, 9.17) is 5.73 Å². The number of halogens is 6. The second-order valence-electron chi connectivity index (χ2n) is 7.46. The van der Waals surface area contributed by atoms with Crippen molar-refractivity contribution in [1.82, 2.24) is 9.88 Å². The van der Waals surface area contributed by atoms with Crippen LogP contribution in [0.3, 0.4) is 0 Å². The van der Waals surface area contributed by atoms with Gasteiger partial charge in [0.1, 0.15) is 4.90 Å². The number of likely N-dealkylation sites (N-methyl/N-ethyl adjacent to an activating group) is 1. The Kier molecular flexibility index (Phi) is 4.46. The predicted molar refractivity (Wildman–Crippen MR) is 113 cm³/mol. The quantitative estimate of drug-likeness (QED) is 0.387. The third kappa shape index (κ3) is 3.80. The Balaban J connectivity index is 1.93. The lowest BCUT2D eigenvalue weighted by molar-refractivity contribution is -0.129. The van der Waals surface area contributed by atoms with E-state index in [1.807, 2.05) is 0 Å². The van der Waals surface area contributed by atoms with Crippen LogP contribution in [0.25, 0.3) is 11.1 Å². The molecule has 1 aliphatic heterocycles. The van der Waals surface area contributed by atoms with Crippen LogP contribution in [-0.4, -0.2) is 28.8 Å². The number of benzene rings is 2. The first-order chi connectivity index (χ1) is 15.1. The minimum absolute atomic E-state index is 0.113. The Morgan fingerprint density at radius 2 is 1.61 bits per heavy atom. The number of pyridine rings is 1. The van der Waals surface area contributed by atoms with Gasteiger partial charge in [-0.3, -0.25) is 9.69 Å². The predicted octanol–water partition coefficient (Wildman–Crippen LogP) is 5.58. The summed E-state index contributed by atoms with van der Waals surface area (Å²) in [5, 5.41) is 0. The van der Waals surface area contributed by atoms with E-state index in [9.17, 15) is 28.6 Å². The van der Waals surface area contributed by atoms with Crippen molar-refractivity contribution in [1.29, 1.82) is 0 Å². The van der Waals surface area contributed by atoms with Crippen LogP contribution >= 0.6 is 10.2 Å². The largest absolute Gasteiger partial charge is 0.369 e. The van der Waals surface area contributed by atoms with Crippen LogP contribution in [0.1, 0.15) is 11.1 Å². The third-order valence-corrected chi connectivity index (χ3v) is 6.47. The van der Waals surface area contributed by atoms with Crippen LogP contribution < -0.4 is 5.73 Å². The van der Waals surface area contributed by atoms with Crippen molar-refractivity contribution in [2.45, 2.75) is 10.4 Å². The SMILES string of the molecule is CN1C(=O)C(c2ccc(S(F)(F)(F)(F)F)cc2)(c2cccc(-c3cccnc3F)c2)N=C1N. The fourth-order valence-corrected chi connectivity index (χ4v) is 4.30. The van der Waals surface area contributed by atoms with Crippen LogP contribution in [0.2, 0.25) is 0 Å². The zero-order chi connectivity index (χ0) is 24.3. The van der Waals surface area contributed by atoms with Gasteiger partial charge in [0.15, 0.2) is 11.5 Å². The van der Waals surface area contributed by atoms with Gasteiger partial charge in [-0.1, -0.05) is 49.8 Å². The Morgan fingerprint density at radius 1 is 0.939 bits per heavy atom. The topological polar surface area (TPSA) is 71.6 Å². The molecule has 12 heteroatoms. The summed E-state index contributed by atoms with van der Waals surface area (Å²) in [6, 6.07) is 10.8. The third-order valence-electron chi connectivity index (χ3n) is 5.31. The first-order valence-electron chi connectivity index (χ1n) is 9.33. The van der Waals surface area contributed by atoms with Gasteiger partial charge in [0.2, 0.25) is 5.95 Å². The zero-order valence-corrected chi connectivity index (χ0v) is 17.7. The number of nitrogens with zero attached hydrogens (tertiary/aromatic N) is 3. The van der Waals surface area contributed by atoms with Gasteiger partial charge < -0.3 is 5.73 Å². The summed E-state index contributed by atoms with van der Waals surface area (Å²) >= 11 is 0. The van der Waals surface area contributed by atoms with Crippen molar-refractivity contribution in [3.8, 4) is 11.1 Å². The number of guanidine groups is 1. The molecule has 0 saturated heterocycles. The maximum Gasteiger partial charge on any atom is 0.310 e. The summed E-state index contributed by atoms with van der Waals surface area (Å²) in [6.07, 6.45) is 1.25. The second kappa shape index (κ2) is 6.50. The number of nitrogens with two attached hydrogens (primary N) is 1. The molecule has 2 heterocycles. The molecule has 1 amide bonds. The molecule has 33 heavy (non-hydrogen) atoms. The summed E-state index contributed by atoms with van der Waals surface area (Å²) in [4.78, 5) is 19.9. The Morgan fingerprint density at radius 3 is 2.15 bits per heavy atom. The minimum Gasteiger partial charge on any atom is -0.369 e. The molecule has 1 atom stereocenters. The van der Waals surface area contributed by atoms with Crippen molar-refractivity contribution in [2.75, 3.05) is 7.05 Å². The Labute approximate surface area is 184 Å². The number of aromatic nitrogens is 1. The van der Waals surface area contributed by atoms with E-state index < -0.39 is 32.5 Å². The van der Waals surface area contributed by atoms with E-state index in [0.29, 0.717) is 5.56 Å². The molecule has 5 nitrogen and oxygen atoms in total. The van der Waals surface area contributed by atoms with Gasteiger partial charge >= 0.3 is 10.2 Å². The molecule has 1 unspecified atom stereocenters. The lowest BCUT2D eigenvalue weighted by atomic mass is 9.82. The highest BCUT2D eigenvalue weighted by Crippen LogP contribution is 3.02. The van der Waals surface area contributed by atoms with E-state index in [1.54, 1.807) is 6.07 Å². The van der Waals surface area contributed by atoms with E-state index in [2.05, 4.69) is 9.98 Å². The monoisotopic (exact) mass is 486 g/mol. The molecule has 0 bridgehead atoms. The number of hydrogen-bond acceptors (Lipinski definition) is 4. The fourth-order valence-electron chi connectivity index (χ4n) is 3.65. The number of rotatable bonds is 4. The van der Waals surface area contributed by atoms with Crippen LogP contribution in [0, 0.1) is 5.95 Å². The minimum atomic E-state index is -9.92. The van der Waals surface area contributed by atoms with Crippen LogP contribution in [-0.2, 0) is 10.3 Å². The van der Waals surface area contributed by atoms with Crippen molar-refractivity contribution in [2.24, 2.45) is 10.7 Å². The molecule has 0 fully saturated rings. The van der Waals surface area contributed by atoms with Crippen molar-refractivity contribution >= 4 is 22.1 Å². The van der Waals surface area contributed by atoms with Crippen LogP contribution in [0.5, 0.6) is 0 Å². The number of carbonyl (C=O) groups excluding carboxylic acids is 1. The maximum absolute atomic E-state index is 14.2. The summed E-state index contributed by atoms with van der Waals surface area (Å²) in [6.45, 7) is 0. The summed E-state index contributed by atoms with van der Waals surface area (Å²) in [7, 11) is -8.61. The average Bonchev–Trinajstić information content (AvgIpc) is 2.97. The Hall–Kier alpha value is -3.54.